The van der Waals surface area contributed by atoms with Crippen molar-refractivity contribution in [2.75, 3.05) is 7.11 Å². The number of hydrogen-bond acceptors (Lipinski definition) is 7. The molecule has 1 aromatic carbocycles. The van der Waals surface area contributed by atoms with Crippen LogP contribution in [0.4, 0.5) is 0 Å². The molecule has 1 saturated heterocycles. The minimum Gasteiger partial charge on any atom is -0.493 e. The fourth-order valence-corrected chi connectivity index (χ4v) is 3.62. The maximum atomic E-state index is 12.0. The number of amides is 1. The molecule has 2 heterocycles. The van der Waals surface area contributed by atoms with Crippen LogP contribution in [-0.4, -0.2) is 23.3 Å². The Bertz CT molecular complexity index is 843. The second-order valence-corrected chi connectivity index (χ2v) is 7.30. The minimum atomic E-state index is -0.439. The third-order valence-corrected chi connectivity index (χ3v) is 5.07. The van der Waals surface area contributed by atoms with Crippen molar-refractivity contribution in [3.8, 4) is 11.5 Å². The Hall–Kier alpha value is -2.16. The van der Waals surface area contributed by atoms with E-state index in [0.717, 1.165) is 5.56 Å². The van der Waals surface area contributed by atoms with Crippen LogP contribution in [0.25, 0.3) is 6.08 Å². The molecule has 24 heavy (non-hydrogen) atoms. The normalized spacial score (nSPS) is 15.5. The fourth-order valence-electron chi connectivity index (χ4n) is 1.98. The van der Waals surface area contributed by atoms with Gasteiger partial charge in [-0.15, -0.1) is 11.3 Å². The zero-order valence-electron chi connectivity index (χ0n) is 12.4. The van der Waals surface area contributed by atoms with Crippen molar-refractivity contribution in [3.63, 3.8) is 0 Å². The predicted octanol–water partition coefficient (Wildman–Crippen LogP) is 3.46. The summed E-state index contributed by atoms with van der Waals surface area (Å²) in [7, 11) is 1.49. The minimum absolute atomic E-state index is 0.225. The molecular weight excluding hydrogens is 366 g/mol. The lowest BCUT2D eigenvalue weighted by Gasteiger charge is -2.09. The SMILES string of the molecule is COc1cc(/C=C2/SC(=S)NC2=O)ccc1OC(=O)c1cccs1. The summed E-state index contributed by atoms with van der Waals surface area (Å²) in [6, 6.07) is 8.53. The molecule has 0 bridgehead atoms. The number of thiophene rings is 1. The van der Waals surface area contributed by atoms with E-state index in [4.69, 9.17) is 21.7 Å². The molecule has 0 aliphatic carbocycles. The Morgan fingerprint density at radius 2 is 2.12 bits per heavy atom. The number of thiocarbonyl (C=S) groups is 1. The van der Waals surface area contributed by atoms with Crippen molar-refractivity contribution >= 4 is 57.6 Å². The van der Waals surface area contributed by atoms with Crippen LogP contribution in [0.1, 0.15) is 15.2 Å². The van der Waals surface area contributed by atoms with Crippen LogP contribution in [0.2, 0.25) is 0 Å². The summed E-state index contributed by atoms with van der Waals surface area (Å²) in [4.78, 5) is 24.8. The molecule has 1 aliphatic heterocycles. The van der Waals surface area contributed by atoms with Crippen LogP contribution in [-0.2, 0) is 4.79 Å². The number of carbonyl (C=O) groups excluding carboxylic acids is 2. The van der Waals surface area contributed by atoms with Gasteiger partial charge in [0.25, 0.3) is 5.91 Å². The van der Waals surface area contributed by atoms with Crippen LogP contribution in [0.3, 0.4) is 0 Å². The van der Waals surface area contributed by atoms with Crippen molar-refractivity contribution in [3.05, 3.63) is 51.1 Å². The van der Waals surface area contributed by atoms with Crippen LogP contribution in [0, 0.1) is 0 Å². The van der Waals surface area contributed by atoms with E-state index in [-0.39, 0.29) is 5.91 Å². The third-order valence-electron chi connectivity index (χ3n) is 3.05. The Labute approximate surface area is 151 Å². The highest BCUT2D eigenvalue weighted by molar-refractivity contribution is 8.26. The van der Waals surface area contributed by atoms with Gasteiger partial charge in [0, 0.05) is 0 Å². The molecule has 1 N–H and O–H groups in total. The zero-order valence-corrected chi connectivity index (χ0v) is 14.8. The Balaban J connectivity index is 1.83. The monoisotopic (exact) mass is 377 g/mol. The predicted molar refractivity (Wildman–Crippen MR) is 98.6 cm³/mol. The Kier molecular flexibility index (Phi) is 4.98. The molecule has 0 atom stereocenters. The topological polar surface area (TPSA) is 64.6 Å². The first-order chi connectivity index (χ1) is 11.6. The first-order valence-corrected chi connectivity index (χ1v) is 8.86. The van der Waals surface area contributed by atoms with E-state index in [1.54, 1.807) is 41.8 Å². The average molecular weight is 377 g/mol. The van der Waals surface area contributed by atoms with Crippen LogP contribution in [0.5, 0.6) is 11.5 Å². The highest BCUT2D eigenvalue weighted by atomic mass is 32.2. The van der Waals surface area contributed by atoms with E-state index in [2.05, 4.69) is 5.32 Å². The smallest absolute Gasteiger partial charge is 0.353 e. The molecule has 5 nitrogen and oxygen atoms in total. The van der Waals surface area contributed by atoms with Gasteiger partial charge < -0.3 is 14.8 Å². The molecule has 0 radical (unpaired) electrons. The fraction of sp³-hybridized carbons (Fsp3) is 0.0625. The molecule has 1 aromatic heterocycles. The van der Waals surface area contributed by atoms with Crippen molar-refractivity contribution in [1.29, 1.82) is 0 Å². The van der Waals surface area contributed by atoms with Gasteiger partial charge in [-0.05, 0) is 35.2 Å². The summed E-state index contributed by atoms with van der Waals surface area (Å²) < 4.78 is 11.1. The molecule has 2 aromatic rings. The molecule has 1 amide bonds. The average Bonchev–Trinajstić information content (AvgIpc) is 3.19. The maximum absolute atomic E-state index is 12.0. The van der Waals surface area contributed by atoms with Crippen LogP contribution < -0.4 is 14.8 Å². The van der Waals surface area contributed by atoms with Gasteiger partial charge in [-0.3, -0.25) is 4.79 Å². The number of rotatable bonds is 4. The first-order valence-electron chi connectivity index (χ1n) is 6.75. The first kappa shape index (κ1) is 16.7. The number of esters is 1. The van der Waals surface area contributed by atoms with E-state index in [1.165, 1.54) is 30.2 Å². The second kappa shape index (κ2) is 7.16. The lowest BCUT2D eigenvalue weighted by molar-refractivity contribution is -0.115. The van der Waals surface area contributed by atoms with Gasteiger partial charge in [0.05, 0.1) is 12.0 Å². The van der Waals surface area contributed by atoms with Gasteiger partial charge in [0.15, 0.2) is 11.5 Å². The van der Waals surface area contributed by atoms with Crippen molar-refractivity contribution in [2.24, 2.45) is 0 Å². The number of carbonyl (C=O) groups is 2. The summed E-state index contributed by atoms with van der Waals surface area (Å²) in [5.41, 5.74) is 0.741. The molecular formula is C16H11NO4S3. The third kappa shape index (κ3) is 3.66. The van der Waals surface area contributed by atoms with Gasteiger partial charge in [0.2, 0.25) is 0 Å². The van der Waals surface area contributed by atoms with Gasteiger partial charge in [-0.1, -0.05) is 36.1 Å². The second-order valence-electron chi connectivity index (χ2n) is 4.63. The Morgan fingerprint density at radius 3 is 2.75 bits per heavy atom. The number of methoxy groups -OCH3 is 1. The summed E-state index contributed by atoms with van der Waals surface area (Å²) in [5.74, 6) is 0.0555. The van der Waals surface area contributed by atoms with Crippen LogP contribution >= 0.6 is 35.3 Å². The highest BCUT2D eigenvalue weighted by Gasteiger charge is 2.22. The highest BCUT2D eigenvalue weighted by Crippen LogP contribution is 2.32. The largest absolute Gasteiger partial charge is 0.493 e. The quantitative estimate of drug-likeness (QED) is 0.381. The lowest BCUT2D eigenvalue weighted by atomic mass is 10.2. The summed E-state index contributed by atoms with van der Waals surface area (Å²) >= 11 is 7.46. The summed E-state index contributed by atoms with van der Waals surface area (Å²) in [6.45, 7) is 0. The summed E-state index contributed by atoms with van der Waals surface area (Å²) in [5, 5.41) is 4.36. The van der Waals surface area contributed by atoms with E-state index >= 15 is 0 Å². The molecule has 8 heteroatoms. The van der Waals surface area contributed by atoms with E-state index in [0.29, 0.717) is 25.6 Å². The van der Waals surface area contributed by atoms with Gasteiger partial charge in [-0.2, -0.15) is 0 Å². The van der Waals surface area contributed by atoms with Crippen molar-refractivity contribution in [1.82, 2.24) is 5.32 Å². The number of ether oxygens (including phenoxy) is 2. The van der Waals surface area contributed by atoms with Crippen molar-refractivity contribution in [2.45, 2.75) is 0 Å². The number of benzene rings is 1. The standard InChI is InChI=1S/C16H11NO4S3/c1-20-11-7-9(8-13-14(18)17-16(22)24-13)4-5-10(11)21-15(19)12-3-2-6-23-12/h2-8H,1H3,(H,17,18,22)/b13-8+. The zero-order chi connectivity index (χ0) is 17.1. The van der Waals surface area contributed by atoms with Gasteiger partial charge in [-0.25, -0.2) is 4.79 Å². The molecule has 0 saturated carbocycles. The van der Waals surface area contributed by atoms with E-state index in [9.17, 15) is 9.59 Å². The molecule has 0 unspecified atom stereocenters. The Morgan fingerprint density at radius 1 is 1.29 bits per heavy atom. The van der Waals surface area contributed by atoms with Gasteiger partial charge >= 0.3 is 5.97 Å². The number of nitrogens with one attached hydrogen (secondary N) is 1. The molecule has 0 spiro atoms. The molecule has 1 fully saturated rings. The van der Waals surface area contributed by atoms with E-state index in [1.807, 2.05) is 0 Å². The lowest BCUT2D eigenvalue weighted by Crippen LogP contribution is -2.17. The van der Waals surface area contributed by atoms with Crippen LogP contribution in [0.15, 0.2) is 40.6 Å². The number of thioether (sulfide) groups is 1. The molecule has 122 valence electrons. The summed E-state index contributed by atoms with van der Waals surface area (Å²) in [6.07, 6.45) is 1.70. The van der Waals surface area contributed by atoms with Crippen molar-refractivity contribution < 1.29 is 19.1 Å². The molecule has 3 rings (SSSR count). The van der Waals surface area contributed by atoms with E-state index < -0.39 is 5.97 Å². The maximum Gasteiger partial charge on any atom is 0.353 e. The molecule has 1 aliphatic rings. The van der Waals surface area contributed by atoms with Gasteiger partial charge in [0.1, 0.15) is 9.20 Å². The number of hydrogen-bond donors (Lipinski definition) is 1.